The van der Waals surface area contributed by atoms with Gasteiger partial charge in [0.1, 0.15) is 11.5 Å². The van der Waals surface area contributed by atoms with E-state index in [1.54, 1.807) is 31.2 Å². The second-order valence-corrected chi connectivity index (χ2v) is 5.48. The standard InChI is InChI=1S/C15H17BrN2O3/c1-3-4-7-20-13-6-5-11(9-12(13)16)15(19)17-14-8-10(2)21-18-14/h5-6,8-9H,3-4,7H2,1-2H3,(H,17,18,19). The highest BCUT2D eigenvalue weighted by Gasteiger charge is 2.11. The maximum absolute atomic E-state index is 12.1. The Labute approximate surface area is 131 Å². The lowest BCUT2D eigenvalue weighted by Gasteiger charge is -2.09. The molecule has 21 heavy (non-hydrogen) atoms. The molecule has 1 N–H and O–H groups in total. The fourth-order valence-corrected chi connectivity index (χ4v) is 2.19. The molecule has 0 spiro atoms. The van der Waals surface area contributed by atoms with Crippen LogP contribution in [-0.2, 0) is 0 Å². The molecule has 0 saturated carbocycles. The third-order valence-electron chi connectivity index (χ3n) is 2.82. The van der Waals surface area contributed by atoms with Gasteiger partial charge in [0, 0.05) is 11.6 Å². The fourth-order valence-electron chi connectivity index (χ4n) is 1.70. The lowest BCUT2D eigenvalue weighted by atomic mass is 10.2. The Hall–Kier alpha value is -1.82. The van der Waals surface area contributed by atoms with E-state index >= 15 is 0 Å². The van der Waals surface area contributed by atoms with Crippen LogP contribution < -0.4 is 10.1 Å². The summed E-state index contributed by atoms with van der Waals surface area (Å²) in [5, 5.41) is 6.40. The monoisotopic (exact) mass is 352 g/mol. The minimum atomic E-state index is -0.246. The summed E-state index contributed by atoms with van der Waals surface area (Å²) in [6.45, 7) is 4.54. The molecule has 0 unspecified atom stereocenters. The van der Waals surface area contributed by atoms with Crippen LogP contribution in [0.25, 0.3) is 0 Å². The van der Waals surface area contributed by atoms with Crippen LogP contribution in [0.5, 0.6) is 5.75 Å². The van der Waals surface area contributed by atoms with E-state index in [-0.39, 0.29) is 5.91 Å². The first-order chi connectivity index (χ1) is 10.1. The molecule has 1 aromatic heterocycles. The van der Waals surface area contributed by atoms with Crippen LogP contribution in [-0.4, -0.2) is 17.7 Å². The largest absolute Gasteiger partial charge is 0.492 e. The molecule has 1 heterocycles. The number of rotatable bonds is 6. The predicted molar refractivity (Wildman–Crippen MR) is 83.7 cm³/mol. The highest BCUT2D eigenvalue weighted by molar-refractivity contribution is 9.10. The van der Waals surface area contributed by atoms with E-state index in [2.05, 4.69) is 33.3 Å². The Morgan fingerprint density at radius 1 is 1.43 bits per heavy atom. The SMILES string of the molecule is CCCCOc1ccc(C(=O)Nc2cc(C)on2)cc1Br. The lowest BCUT2D eigenvalue weighted by molar-refractivity contribution is 0.102. The van der Waals surface area contributed by atoms with Crippen molar-refractivity contribution in [3.05, 3.63) is 40.1 Å². The molecular weight excluding hydrogens is 336 g/mol. The van der Waals surface area contributed by atoms with Gasteiger partial charge in [-0.1, -0.05) is 18.5 Å². The third-order valence-corrected chi connectivity index (χ3v) is 3.44. The van der Waals surface area contributed by atoms with E-state index in [9.17, 15) is 4.79 Å². The first kappa shape index (κ1) is 15.6. The Morgan fingerprint density at radius 3 is 2.86 bits per heavy atom. The zero-order valence-corrected chi connectivity index (χ0v) is 13.6. The van der Waals surface area contributed by atoms with Crippen molar-refractivity contribution < 1.29 is 14.1 Å². The van der Waals surface area contributed by atoms with Crippen LogP contribution in [0.3, 0.4) is 0 Å². The van der Waals surface area contributed by atoms with Crippen LogP contribution in [0.2, 0.25) is 0 Å². The molecule has 0 radical (unpaired) electrons. The molecule has 112 valence electrons. The van der Waals surface area contributed by atoms with Crippen molar-refractivity contribution in [2.24, 2.45) is 0 Å². The molecule has 0 atom stereocenters. The number of halogens is 1. The topological polar surface area (TPSA) is 64.4 Å². The number of unbranched alkanes of at least 4 members (excludes halogenated alkanes) is 1. The Bertz CT molecular complexity index is 625. The Balaban J connectivity index is 2.03. The maximum atomic E-state index is 12.1. The van der Waals surface area contributed by atoms with E-state index < -0.39 is 0 Å². The van der Waals surface area contributed by atoms with Gasteiger partial charge in [0.2, 0.25) is 0 Å². The number of nitrogens with one attached hydrogen (secondary N) is 1. The lowest BCUT2D eigenvalue weighted by Crippen LogP contribution is -2.12. The molecule has 2 aromatic rings. The molecule has 1 amide bonds. The van der Waals surface area contributed by atoms with Gasteiger partial charge in [-0.05, 0) is 47.5 Å². The van der Waals surface area contributed by atoms with E-state index in [1.165, 1.54) is 0 Å². The summed E-state index contributed by atoms with van der Waals surface area (Å²) in [4.78, 5) is 12.1. The van der Waals surface area contributed by atoms with E-state index in [0.29, 0.717) is 23.7 Å². The molecule has 5 nitrogen and oxygen atoms in total. The van der Waals surface area contributed by atoms with Crippen molar-refractivity contribution in [3.63, 3.8) is 0 Å². The molecular formula is C15H17BrN2O3. The number of aryl methyl sites for hydroxylation is 1. The smallest absolute Gasteiger partial charge is 0.256 e. The van der Waals surface area contributed by atoms with Gasteiger partial charge in [0.15, 0.2) is 5.82 Å². The molecule has 0 bridgehead atoms. The van der Waals surface area contributed by atoms with Crippen molar-refractivity contribution in [3.8, 4) is 5.75 Å². The normalized spacial score (nSPS) is 10.4. The number of carbonyl (C=O) groups excluding carboxylic acids is 1. The summed E-state index contributed by atoms with van der Waals surface area (Å²) >= 11 is 3.42. The molecule has 1 aromatic carbocycles. The number of hydrogen-bond donors (Lipinski definition) is 1. The second-order valence-electron chi connectivity index (χ2n) is 4.62. The first-order valence-corrected chi connectivity index (χ1v) is 7.56. The van der Waals surface area contributed by atoms with Crippen LogP contribution in [0, 0.1) is 6.92 Å². The van der Waals surface area contributed by atoms with Crippen LogP contribution in [0.15, 0.2) is 33.3 Å². The van der Waals surface area contributed by atoms with Crippen molar-refractivity contribution in [1.29, 1.82) is 0 Å². The maximum Gasteiger partial charge on any atom is 0.256 e. The van der Waals surface area contributed by atoms with E-state index in [4.69, 9.17) is 9.26 Å². The zero-order chi connectivity index (χ0) is 15.2. The number of nitrogens with zero attached hydrogens (tertiary/aromatic N) is 1. The molecule has 0 saturated heterocycles. The van der Waals surface area contributed by atoms with E-state index in [1.807, 2.05) is 0 Å². The number of ether oxygens (including phenoxy) is 1. The van der Waals surface area contributed by atoms with Crippen molar-refractivity contribution in [1.82, 2.24) is 5.16 Å². The molecule has 0 aliphatic carbocycles. The summed E-state index contributed by atoms with van der Waals surface area (Å²) < 4.78 is 11.3. The number of anilines is 1. The highest BCUT2D eigenvalue weighted by atomic mass is 79.9. The fraction of sp³-hybridized carbons (Fsp3) is 0.333. The summed E-state index contributed by atoms with van der Waals surface area (Å²) in [6.07, 6.45) is 2.08. The van der Waals surface area contributed by atoms with E-state index in [0.717, 1.165) is 23.1 Å². The summed E-state index contributed by atoms with van der Waals surface area (Å²) in [6, 6.07) is 6.88. The quantitative estimate of drug-likeness (QED) is 0.792. The molecule has 0 aliphatic rings. The Morgan fingerprint density at radius 2 is 2.24 bits per heavy atom. The first-order valence-electron chi connectivity index (χ1n) is 6.77. The number of hydrogen-bond acceptors (Lipinski definition) is 4. The minimum Gasteiger partial charge on any atom is -0.492 e. The van der Waals surface area contributed by atoms with Crippen molar-refractivity contribution >= 4 is 27.7 Å². The van der Waals surface area contributed by atoms with Gasteiger partial charge in [0.05, 0.1) is 11.1 Å². The summed E-state index contributed by atoms with van der Waals surface area (Å²) in [5.74, 6) is 1.53. The van der Waals surface area contributed by atoms with Crippen LogP contribution in [0.4, 0.5) is 5.82 Å². The van der Waals surface area contributed by atoms with Crippen molar-refractivity contribution in [2.45, 2.75) is 26.7 Å². The number of benzene rings is 1. The molecule has 0 aliphatic heterocycles. The van der Waals surface area contributed by atoms with Gasteiger partial charge >= 0.3 is 0 Å². The highest BCUT2D eigenvalue weighted by Crippen LogP contribution is 2.26. The van der Waals surface area contributed by atoms with Crippen LogP contribution >= 0.6 is 15.9 Å². The van der Waals surface area contributed by atoms with Crippen molar-refractivity contribution in [2.75, 3.05) is 11.9 Å². The van der Waals surface area contributed by atoms with Gasteiger partial charge in [-0.25, -0.2) is 0 Å². The second kappa shape index (κ2) is 7.26. The van der Waals surface area contributed by atoms with Gasteiger partial charge < -0.3 is 14.6 Å². The summed E-state index contributed by atoms with van der Waals surface area (Å²) in [7, 11) is 0. The molecule has 6 heteroatoms. The average molecular weight is 353 g/mol. The molecule has 2 rings (SSSR count). The van der Waals surface area contributed by atoms with Gasteiger partial charge in [-0.2, -0.15) is 0 Å². The number of aromatic nitrogens is 1. The molecule has 0 fully saturated rings. The minimum absolute atomic E-state index is 0.246. The average Bonchev–Trinajstić information content (AvgIpc) is 2.86. The van der Waals surface area contributed by atoms with Gasteiger partial charge in [0.25, 0.3) is 5.91 Å². The predicted octanol–water partition coefficient (Wildman–Crippen LogP) is 4.18. The number of carbonyl (C=O) groups is 1. The van der Waals surface area contributed by atoms with Crippen LogP contribution in [0.1, 0.15) is 35.9 Å². The Kier molecular flexibility index (Phi) is 5.38. The third kappa shape index (κ3) is 4.32. The van der Waals surface area contributed by atoms with Gasteiger partial charge in [-0.15, -0.1) is 0 Å². The summed E-state index contributed by atoms with van der Waals surface area (Å²) in [5.41, 5.74) is 0.519. The number of amides is 1. The van der Waals surface area contributed by atoms with Gasteiger partial charge in [-0.3, -0.25) is 4.79 Å². The zero-order valence-electron chi connectivity index (χ0n) is 12.0.